The van der Waals surface area contributed by atoms with E-state index in [4.69, 9.17) is 14.2 Å². The first-order chi connectivity index (χ1) is 23.1. The summed E-state index contributed by atoms with van der Waals surface area (Å²) < 4.78 is 16.3. The van der Waals surface area contributed by atoms with Gasteiger partial charge in [0.05, 0.1) is 32.3 Å². The highest BCUT2D eigenvalue weighted by Gasteiger charge is 2.40. The van der Waals surface area contributed by atoms with Crippen molar-refractivity contribution in [3.63, 3.8) is 0 Å². The average molecular weight is 666 g/mol. The molecule has 2 N–H and O–H groups in total. The van der Waals surface area contributed by atoms with E-state index in [0.717, 1.165) is 11.1 Å². The molecule has 4 aromatic rings. The Bertz CT molecular complexity index is 1860. The molecule has 0 saturated carbocycles. The van der Waals surface area contributed by atoms with E-state index in [-0.39, 0.29) is 23.9 Å². The summed E-state index contributed by atoms with van der Waals surface area (Å²) in [5, 5.41) is 4.95. The third kappa shape index (κ3) is 7.69. The van der Waals surface area contributed by atoms with Crippen molar-refractivity contribution in [1.82, 2.24) is 5.32 Å². The number of carbonyl (C=O) groups is 4. The van der Waals surface area contributed by atoms with Crippen LogP contribution in [0.15, 0.2) is 95.5 Å². The van der Waals surface area contributed by atoms with Crippen LogP contribution >= 0.6 is 11.8 Å². The largest absolute Gasteiger partial charge is 0.493 e. The molecule has 0 radical (unpaired) electrons. The number of nitrogens with one attached hydrogen (secondary N) is 2. The third-order valence-electron chi connectivity index (χ3n) is 7.47. The van der Waals surface area contributed by atoms with Crippen LogP contribution in [0.5, 0.6) is 17.2 Å². The molecule has 246 valence electrons. The zero-order valence-electron chi connectivity index (χ0n) is 27.2. The predicted octanol–water partition coefficient (Wildman–Crippen LogP) is 6.16. The lowest BCUT2D eigenvalue weighted by molar-refractivity contribution is -0.121. The molecule has 11 heteroatoms. The lowest BCUT2D eigenvalue weighted by atomic mass is 10.1. The van der Waals surface area contributed by atoms with Gasteiger partial charge in [-0.2, -0.15) is 0 Å². The first-order valence-corrected chi connectivity index (χ1v) is 15.9. The summed E-state index contributed by atoms with van der Waals surface area (Å²) in [5.74, 6) is -0.498. The molecule has 1 aliphatic rings. The molecular weight excluding hydrogens is 630 g/mol. The number of nitrogens with zero attached hydrogens (tertiary/aromatic N) is 1. The molecule has 48 heavy (non-hydrogen) atoms. The molecule has 4 amide bonds. The number of amides is 4. The van der Waals surface area contributed by atoms with Crippen molar-refractivity contribution >= 4 is 52.8 Å². The van der Waals surface area contributed by atoms with Gasteiger partial charge < -0.3 is 24.8 Å². The molecule has 1 heterocycles. The molecule has 0 aromatic heterocycles. The van der Waals surface area contributed by atoms with Gasteiger partial charge in [-0.15, -0.1) is 11.8 Å². The van der Waals surface area contributed by atoms with Crippen LogP contribution < -0.4 is 29.7 Å². The zero-order chi connectivity index (χ0) is 34.4. The Balaban J connectivity index is 1.39. The minimum Gasteiger partial charge on any atom is -0.493 e. The Morgan fingerprint density at radius 2 is 1.50 bits per heavy atom. The number of aryl methyl sites for hydroxylation is 2. The minimum atomic E-state index is -0.620. The monoisotopic (exact) mass is 665 g/mol. The van der Waals surface area contributed by atoms with Crippen LogP contribution in [0.1, 0.15) is 33.5 Å². The van der Waals surface area contributed by atoms with Crippen molar-refractivity contribution in [3.8, 4) is 17.2 Å². The summed E-state index contributed by atoms with van der Waals surface area (Å²) in [5.41, 5.74) is 3.74. The minimum absolute atomic E-state index is 0.0446. The van der Waals surface area contributed by atoms with Crippen LogP contribution in [0.2, 0.25) is 0 Å². The van der Waals surface area contributed by atoms with E-state index >= 15 is 0 Å². The van der Waals surface area contributed by atoms with E-state index in [1.165, 1.54) is 44.1 Å². The van der Waals surface area contributed by atoms with E-state index in [2.05, 4.69) is 10.6 Å². The molecule has 10 nitrogen and oxygen atoms in total. The van der Waals surface area contributed by atoms with Crippen LogP contribution in [-0.2, 0) is 14.4 Å². The number of methoxy groups -OCH3 is 3. The molecule has 0 unspecified atom stereocenters. The summed E-state index contributed by atoms with van der Waals surface area (Å²) in [6.45, 7) is 3.85. The fourth-order valence-electron chi connectivity index (χ4n) is 5.35. The van der Waals surface area contributed by atoms with Gasteiger partial charge in [0.2, 0.25) is 17.6 Å². The predicted molar refractivity (Wildman–Crippen MR) is 186 cm³/mol. The van der Waals surface area contributed by atoms with Gasteiger partial charge in [-0.05, 0) is 91.2 Å². The summed E-state index contributed by atoms with van der Waals surface area (Å²) in [6, 6.07) is 24.4. The van der Waals surface area contributed by atoms with Crippen LogP contribution in [0.3, 0.4) is 0 Å². The highest BCUT2D eigenvalue weighted by Crippen LogP contribution is 2.39. The van der Waals surface area contributed by atoms with Crippen LogP contribution in [0, 0.1) is 13.8 Å². The maximum atomic E-state index is 13.7. The number of imide groups is 1. The number of hydrogen-bond donors (Lipinski definition) is 2. The lowest BCUT2D eigenvalue weighted by Gasteiger charge is -2.16. The summed E-state index contributed by atoms with van der Waals surface area (Å²) >= 11 is 1.25. The first-order valence-electron chi connectivity index (χ1n) is 15.0. The Kier molecular flexibility index (Phi) is 10.5. The highest BCUT2D eigenvalue weighted by atomic mass is 32.2. The van der Waals surface area contributed by atoms with Crippen molar-refractivity contribution in [3.05, 3.63) is 113 Å². The van der Waals surface area contributed by atoms with Crippen LogP contribution in [0.4, 0.5) is 11.4 Å². The second-order valence-corrected chi connectivity index (χ2v) is 12.3. The van der Waals surface area contributed by atoms with Gasteiger partial charge in [-0.1, -0.05) is 30.3 Å². The molecule has 0 aliphatic carbocycles. The van der Waals surface area contributed by atoms with Crippen molar-refractivity contribution in [2.45, 2.75) is 30.4 Å². The molecule has 0 bridgehead atoms. The maximum Gasteiger partial charge on any atom is 0.272 e. The maximum absolute atomic E-state index is 13.7. The lowest BCUT2D eigenvalue weighted by Crippen LogP contribution is -2.31. The Morgan fingerprint density at radius 1 is 0.833 bits per heavy atom. The standard InChI is InChI=1S/C37H35N3O7S/c1-22-14-23(2)16-27(15-22)40-33(41)21-32(37(40)44)48-28-13-9-12-26(20-28)38-36(43)29(39-35(42)25-10-7-6-8-11-25)17-24-18-30(45-3)34(47-5)31(19-24)46-4/h6-20,32H,21H2,1-5H3,(H,38,43)(H,39,42)/b29-17-/t32-/m0/s1. The van der Waals surface area contributed by atoms with Gasteiger partial charge in [-0.3, -0.25) is 19.2 Å². The summed E-state index contributed by atoms with van der Waals surface area (Å²) in [4.78, 5) is 55.1. The van der Waals surface area contributed by atoms with Gasteiger partial charge in [0, 0.05) is 22.6 Å². The number of carbonyl (C=O) groups excluding carboxylic acids is 4. The molecule has 0 spiro atoms. The first kappa shape index (κ1) is 33.8. The van der Waals surface area contributed by atoms with E-state index in [9.17, 15) is 19.2 Å². The van der Waals surface area contributed by atoms with Crippen molar-refractivity contribution in [2.75, 3.05) is 31.5 Å². The zero-order valence-corrected chi connectivity index (χ0v) is 28.0. The van der Waals surface area contributed by atoms with E-state index in [1.807, 2.05) is 32.0 Å². The number of ether oxygens (including phenoxy) is 3. The Morgan fingerprint density at radius 3 is 2.12 bits per heavy atom. The van der Waals surface area contributed by atoms with E-state index < -0.39 is 17.1 Å². The summed E-state index contributed by atoms with van der Waals surface area (Å²) in [7, 11) is 4.45. The molecule has 5 rings (SSSR count). The average Bonchev–Trinajstić information content (AvgIpc) is 3.35. The van der Waals surface area contributed by atoms with Gasteiger partial charge in [0.25, 0.3) is 11.8 Å². The van der Waals surface area contributed by atoms with Crippen molar-refractivity contribution < 1.29 is 33.4 Å². The normalized spacial score (nSPS) is 14.5. The molecular formula is C37H35N3O7S. The Hall–Kier alpha value is -5.55. The van der Waals surface area contributed by atoms with Gasteiger partial charge in [0.1, 0.15) is 5.70 Å². The molecule has 1 fully saturated rings. The van der Waals surface area contributed by atoms with Gasteiger partial charge in [0.15, 0.2) is 11.5 Å². The fraction of sp³-hybridized carbons (Fsp3) is 0.189. The number of rotatable bonds is 11. The van der Waals surface area contributed by atoms with Gasteiger partial charge in [-0.25, -0.2) is 4.90 Å². The molecule has 1 saturated heterocycles. The molecule has 4 aromatic carbocycles. The topological polar surface area (TPSA) is 123 Å². The fourth-order valence-corrected chi connectivity index (χ4v) is 6.46. The van der Waals surface area contributed by atoms with Crippen LogP contribution in [0.25, 0.3) is 6.08 Å². The number of benzene rings is 4. The quantitative estimate of drug-likeness (QED) is 0.144. The second kappa shape index (κ2) is 14.9. The van der Waals surface area contributed by atoms with Crippen molar-refractivity contribution in [2.24, 2.45) is 0 Å². The molecule has 1 atom stereocenters. The summed E-state index contributed by atoms with van der Waals surface area (Å²) in [6.07, 6.45) is 1.56. The van der Waals surface area contributed by atoms with Crippen LogP contribution in [-0.4, -0.2) is 50.2 Å². The number of anilines is 2. The number of thioether (sulfide) groups is 1. The highest BCUT2D eigenvalue weighted by molar-refractivity contribution is 8.00. The smallest absolute Gasteiger partial charge is 0.272 e. The number of hydrogen-bond acceptors (Lipinski definition) is 8. The van der Waals surface area contributed by atoms with Crippen molar-refractivity contribution in [1.29, 1.82) is 0 Å². The van der Waals surface area contributed by atoms with Gasteiger partial charge >= 0.3 is 0 Å². The third-order valence-corrected chi connectivity index (χ3v) is 8.65. The van der Waals surface area contributed by atoms with E-state index in [1.54, 1.807) is 66.7 Å². The second-order valence-electron chi connectivity index (χ2n) is 11.0. The molecule has 1 aliphatic heterocycles. The van der Waals surface area contributed by atoms with E-state index in [0.29, 0.717) is 44.6 Å². The Labute approximate surface area is 283 Å². The SMILES string of the molecule is COc1cc(/C=C(\NC(=O)c2ccccc2)C(=O)Nc2cccc(S[C@H]3CC(=O)N(c4cc(C)cc(C)c4)C3=O)c2)cc(OC)c1OC.